The van der Waals surface area contributed by atoms with Gasteiger partial charge < -0.3 is 9.73 Å². The summed E-state index contributed by atoms with van der Waals surface area (Å²) in [6.07, 6.45) is 1.76. The number of furan rings is 1. The maximum absolute atomic E-state index is 5.64. The fourth-order valence-corrected chi connectivity index (χ4v) is 3.18. The van der Waals surface area contributed by atoms with Gasteiger partial charge in [-0.1, -0.05) is 13.8 Å². The Hall–Kier alpha value is -1.88. The molecule has 0 aliphatic carbocycles. The summed E-state index contributed by atoms with van der Waals surface area (Å²) in [5, 5.41) is 7.74. The van der Waals surface area contributed by atoms with Crippen LogP contribution in [0.4, 0.5) is 5.82 Å². The Morgan fingerprint density at radius 1 is 1.29 bits per heavy atom. The first kappa shape index (κ1) is 14.1. The number of aromatic nitrogens is 2. The molecule has 3 rings (SSSR count). The lowest BCUT2D eigenvalue weighted by Crippen LogP contribution is -2.08. The van der Waals surface area contributed by atoms with Crippen LogP contribution in [0.15, 0.2) is 28.1 Å². The lowest BCUT2D eigenvalue weighted by atomic mass is 10.2. The number of nitrogens with one attached hydrogen (secondary N) is 1. The molecular formula is C16H19N3OS. The summed E-state index contributed by atoms with van der Waals surface area (Å²) < 4.78 is 5.64. The van der Waals surface area contributed by atoms with Crippen molar-refractivity contribution in [2.24, 2.45) is 0 Å². The number of thiazole rings is 1. The van der Waals surface area contributed by atoms with Crippen molar-refractivity contribution in [3.8, 4) is 0 Å². The highest BCUT2D eigenvalue weighted by Crippen LogP contribution is 2.29. The van der Waals surface area contributed by atoms with Crippen LogP contribution in [-0.4, -0.2) is 9.97 Å². The smallest absolute Gasteiger partial charge is 0.139 e. The first-order valence-corrected chi connectivity index (χ1v) is 7.99. The Morgan fingerprint density at radius 3 is 2.81 bits per heavy atom. The van der Waals surface area contributed by atoms with Crippen LogP contribution in [0, 0.1) is 6.92 Å². The largest absolute Gasteiger partial charge is 0.461 e. The molecule has 4 nitrogen and oxygen atoms in total. The molecule has 0 aromatic carbocycles. The third-order valence-electron chi connectivity index (χ3n) is 3.40. The Morgan fingerprint density at radius 2 is 2.10 bits per heavy atom. The van der Waals surface area contributed by atoms with E-state index in [9.17, 15) is 0 Å². The minimum atomic E-state index is 0.113. The molecule has 0 saturated carbocycles. The van der Waals surface area contributed by atoms with E-state index in [1.165, 1.54) is 5.01 Å². The first-order chi connectivity index (χ1) is 10.0. The third kappa shape index (κ3) is 2.78. The van der Waals surface area contributed by atoms with E-state index in [0.717, 1.165) is 28.2 Å². The highest BCUT2D eigenvalue weighted by Gasteiger charge is 2.14. The zero-order chi connectivity index (χ0) is 15.0. The SMILES string of the molecule is Cc1cc2c(NC(C)c3csc(C(C)C)n3)nccc2o1. The van der Waals surface area contributed by atoms with Crippen LogP contribution in [0.3, 0.4) is 0 Å². The van der Waals surface area contributed by atoms with E-state index in [1.807, 2.05) is 19.1 Å². The number of nitrogens with zero attached hydrogens (tertiary/aromatic N) is 2. The van der Waals surface area contributed by atoms with E-state index in [2.05, 4.69) is 36.5 Å². The Kier molecular flexibility index (Phi) is 3.68. The van der Waals surface area contributed by atoms with E-state index < -0.39 is 0 Å². The summed E-state index contributed by atoms with van der Waals surface area (Å²) in [6, 6.07) is 4.01. The van der Waals surface area contributed by atoms with Gasteiger partial charge >= 0.3 is 0 Å². The zero-order valence-electron chi connectivity index (χ0n) is 12.7. The van der Waals surface area contributed by atoms with E-state index in [4.69, 9.17) is 9.40 Å². The standard InChI is InChI=1S/C16H19N3OS/c1-9(2)16-19-13(8-21-16)11(4)18-15-12-7-10(3)20-14(12)5-6-17-15/h5-9,11H,1-4H3,(H,17,18). The van der Waals surface area contributed by atoms with Gasteiger partial charge in [0.25, 0.3) is 0 Å². The second kappa shape index (κ2) is 5.48. The van der Waals surface area contributed by atoms with Crippen molar-refractivity contribution in [1.29, 1.82) is 0 Å². The normalized spacial score (nSPS) is 13.0. The maximum atomic E-state index is 5.64. The minimum Gasteiger partial charge on any atom is -0.461 e. The van der Waals surface area contributed by atoms with Crippen molar-refractivity contribution < 1.29 is 4.42 Å². The van der Waals surface area contributed by atoms with Crippen LogP contribution in [0.1, 0.15) is 49.2 Å². The van der Waals surface area contributed by atoms with Crippen LogP contribution in [-0.2, 0) is 0 Å². The number of aryl methyl sites for hydroxylation is 1. The lowest BCUT2D eigenvalue weighted by molar-refractivity contribution is 0.578. The van der Waals surface area contributed by atoms with Gasteiger partial charge in [0.05, 0.1) is 22.1 Å². The number of rotatable bonds is 4. The topological polar surface area (TPSA) is 51.0 Å². The summed E-state index contributed by atoms with van der Waals surface area (Å²) in [4.78, 5) is 9.13. The van der Waals surface area contributed by atoms with Crippen molar-refractivity contribution in [3.63, 3.8) is 0 Å². The third-order valence-corrected chi connectivity index (χ3v) is 4.56. The molecule has 0 aliphatic heterocycles. The monoisotopic (exact) mass is 301 g/mol. The van der Waals surface area contributed by atoms with E-state index in [1.54, 1.807) is 17.5 Å². The molecule has 1 N–H and O–H groups in total. The van der Waals surface area contributed by atoms with Crippen LogP contribution >= 0.6 is 11.3 Å². The fourth-order valence-electron chi connectivity index (χ4n) is 2.25. The number of hydrogen-bond donors (Lipinski definition) is 1. The molecule has 5 heteroatoms. The van der Waals surface area contributed by atoms with Crippen molar-refractivity contribution in [1.82, 2.24) is 9.97 Å². The highest BCUT2D eigenvalue weighted by molar-refractivity contribution is 7.09. The minimum absolute atomic E-state index is 0.113. The number of anilines is 1. The van der Waals surface area contributed by atoms with Crippen LogP contribution < -0.4 is 5.32 Å². The summed E-state index contributed by atoms with van der Waals surface area (Å²) in [5.41, 5.74) is 1.92. The lowest BCUT2D eigenvalue weighted by Gasteiger charge is -2.12. The highest BCUT2D eigenvalue weighted by atomic mass is 32.1. The average Bonchev–Trinajstić information content (AvgIpc) is 3.04. The molecule has 0 bridgehead atoms. The molecule has 110 valence electrons. The summed E-state index contributed by atoms with van der Waals surface area (Å²) in [6.45, 7) is 8.38. The fraction of sp³-hybridized carbons (Fsp3) is 0.375. The second-order valence-electron chi connectivity index (χ2n) is 5.56. The molecule has 21 heavy (non-hydrogen) atoms. The predicted octanol–water partition coefficient (Wildman–Crippen LogP) is 4.89. The Balaban J connectivity index is 1.86. The van der Waals surface area contributed by atoms with Crippen LogP contribution in [0.2, 0.25) is 0 Å². The van der Waals surface area contributed by atoms with Gasteiger partial charge in [-0.15, -0.1) is 11.3 Å². The van der Waals surface area contributed by atoms with E-state index in [0.29, 0.717) is 5.92 Å². The van der Waals surface area contributed by atoms with Gasteiger partial charge in [0.15, 0.2) is 0 Å². The van der Waals surface area contributed by atoms with Gasteiger partial charge in [-0.25, -0.2) is 9.97 Å². The molecule has 0 amide bonds. The molecule has 3 aromatic rings. The number of pyridine rings is 1. The van der Waals surface area contributed by atoms with Crippen LogP contribution in [0.5, 0.6) is 0 Å². The van der Waals surface area contributed by atoms with Crippen molar-refractivity contribution in [2.45, 2.75) is 39.7 Å². The van der Waals surface area contributed by atoms with Crippen LogP contribution in [0.25, 0.3) is 11.0 Å². The Bertz CT molecular complexity index is 760. The first-order valence-electron chi connectivity index (χ1n) is 7.11. The molecule has 0 saturated heterocycles. The molecule has 3 aromatic heterocycles. The van der Waals surface area contributed by atoms with Gasteiger partial charge in [-0.05, 0) is 26.0 Å². The zero-order valence-corrected chi connectivity index (χ0v) is 13.5. The van der Waals surface area contributed by atoms with E-state index in [-0.39, 0.29) is 6.04 Å². The van der Waals surface area contributed by atoms with Gasteiger partial charge in [-0.2, -0.15) is 0 Å². The maximum Gasteiger partial charge on any atom is 0.139 e. The molecule has 0 fully saturated rings. The molecule has 0 radical (unpaired) electrons. The molecule has 3 heterocycles. The molecule has 1 atom stereocenters. The Labute approximate surface area is 128 Å². The molecule has 1 unspecified atom stereocenters. The quantitative estimate of drug-likeness (QED) is 0.745. The van der Waals surface area contributed by atoms with Crippen molar-refractivity contribution >= 4 is 28.1 Å². The van der Waals surface area contributed by atoms with Gasteiger partial charge in [0.1, 0.15) is 17.2 Å². The average molecular weight is 301 g/mol. The second-order valence-corrected chi connectivity index (χ2v) is 6.45. The van der Waals surface area contributed by atoms with Crippen molar-refractivity contribution in [2.75, 3.05) is 5.32 Å². The number of hydrogen-bond acceptors (Lipinski definition) is 5. The summed E-state index contributed by atoms with van der Waals surface area (Å²) >= 11 is 1.71. The van der Waals surface area contributed by atoms with Crippen molar-refractivity contribution in [3.05, 3.63) is 40.2 Å². The molecular weight excluding hydrogens is 282 g/mol. The van der Waals surface area contributed by atoms with E-state index >= 15 is 0 Å². The van der Waals surface area contributed by atoms with Gasteiger partial charge in [0, 0.05) is 17.5 Å². The van der Waals surface area contributed by atoms with Gasteiger partial charge in [-0.3, -0.25) is 0 Å². The molecule has 0 aliphatic rings. The predicted molar refractivity (Wildman–Crippen MR) is 87.0 cm³/mol. The number of fused-ring (bicyclic) bond motifs is 1. The summed E-state index contributed by atoms with van der Waals surface area (Å²) in [7, 11) is 0. The summed E-state index contributed by atoms with van der Waals surface area (Å²) in [5.74, 6) is 2.20. The van der Waals surface area contributed by atoms with Gasteiger partial charge in [0.2, 0.25) is 0 Å². The molecule has 0 spiro atoms.